The summed E-state index contributed by atoms with van der Waals surface area (Å²) in [7, 11) is 0. The van der Waals surface area contributed by atoms with Crippen molar-refractivity contribution in [2.24, 2.45) is 11.5 Å². The Morgan fingerprint density at radius 3 is 2.03 bits per heavy atom. The molecule has 0 heterocycles. The highest BCUT2D eigenvalue weighted by Gasteiger charge is 2.32. The fourth-order valence-corrected chi connectivity index (χ4v) is 3.04. The highest BCUT2D eigenvalue weighted by atomic mass is 32.2. The van der Waals surface area contributed by atoms with Crippen molar-refractivity contribution in [1.29, 1.82) is 0 Å². The molecule has 12 nitrogen and oxygen atoms in total. The van der Waals surface area contributed by atoms with E-state index in [4.69, 9.17) is 11.5 Å². The molecule has 0 aliphatic carbocycles. The summed E-state index contributed by atoms with van der Waals surface area (Å²) < 4.78 is 0. The van der Waals surface area contributed by atoms with Crippen molar-refractivity contribution in [3.05, 3.63) is 0 Å². The summed E-state index contributed by atoms with van der Waals surface area (Å²) in [6, 6.07) is -4.95. The highest BCUT2D eigenvalue weighted by molar-refractivity contribution is 7.98. The van der Waals surface area contributed by atoms with Gasteiger partial charge in [0, 0.05) is 12.2 Å². The molecule has 5 unspecified atom stereocenters. The Bertz CT molecular complexity index is 650. The summed E-state index contributed by atoms with van der Waals surface area (Å²) in [5.41, 5.74) is 10.7. The number of carboxylic acid groups (broad SMARTS) is 1. The molecule has 0 aromatic rings. The number of carboxylic acids is 1. The van der Waals surface area contributed by atoms with Crippen LogP contribution in [0.4, 0.5) is 0 Å². The van der Waals surface area contributed by atoms with Gasteiger partial charge in [-0.2, -0.15) is 24.4 Å². The zero-order chi connectivity index (χ0) is 24.1. The lowest BCUT2D eigenvalue weighted by Gasteiger charge is -2.26. The Labute approximate surface area is 190 Å². The molecule has 0 saturated carbocycles. The highest BCUT2D eigenvalue weighted by Crippen LogP contribution is 2.04. The maximum atomic E-state index is 12.5. The number of thiol groups is 1. The average molecular weight is 482 g/mol. The van der Waals surface area contributed by atoms with Crippen molar-refractivity contribution >= 4 is 54.0 Å². The van der Waals surface area contributed by atoms with Crippen molar-refractivity contribution in [1.82, 2.24) is 16.0 Å². The molecular formula is C17H31N5O7S2. The number of carbonyl (C=O) groups excluding carboxylic acids is 4. The quantitative estimate of drug-likeness (QED) is 0.113. The SMILES string of the molecule is CSCCC(NC(=O)C(NC(=O)C(CS)NC(=O)C(N)CCC(N)=O)C(C)O)C(=O)O. The predicted molar refractivity (Wildman–Crippen MR) is 118 cm³/mol. The topological polar surface area (TPSA) is 214 Å². The lowest BCUT2D eigenvalue weighted by molar-refractivity contribution is -0.143. The number of hydrogen-bond acceptors (Lipinski definition) is 9. The molecular weight excluding hydrogens is 450 g/mol. The van der Waals surface area contributed by atoms with Gasteiger partial charge < -0.3 is 37.6 Å². The maximum absolute atomic E-state index is 12.5. The summed E-state index contributed by atoms with van der Waals surface area (Å²) in [4.78, 5) is 59.2. The molecule has 0 aliphatic rings. The van der Waals surface area contributed by atoms with Gasteiger partial charge in [-0.05, 0) is 31.8 Å². The number of carbonyl (C=O) groups is 5. The van der Waals surface area contributed by atoms with Crippen LogP contribution in [0.5, 0.6) is 0 Å². The van der Waals surface area contributed by atoms with Crippen LogP contribution in [0.3, 0.4) is 0 Å². The van der Waals surface area contributed by atoms with E-state index < -0.39 is 59.9 Å². The number of aliphatic carboxylic acids is 1. The number of nitrogens with two attached hydrogens (primary N) is 2. The Morgan fingerprint density at radius 2 is 1.58 bits per heavy atom. The van der Waals surface area contributed by atoms with Crippen molar-refractivity contribution < 1.29 is 34.2 Å². The van der Waals surface area contributed by atoms with Gasteiger partial charge in [-0.25, -0.2) is 4.79 Å². The van der Waals surface area contributed by atoms with Crippen LogP contribution < -0.4 is 27.4 Å². The Hall–Kier alpha value is -2.03. The van der Waals surface area contributed by atoms with E-state index in [1.54, 1.807) is 6.26 Å². The molecule has 0 fully saturated rings. The molecule has 14 heteroatoms. The van der Waals surface area contributed by atoms with Crippen LogP contribution >= 0.6 is 24.4 Å². The minimum Gasteiger partial charge on any atom is -0.480 e. The van der Waals surface area contributed by atoms with Crippen LogP contribution in [-0.2, 0) is 24.0 Å². The van der Waals surface area contributed by atoms with Crippen LogP contribution in [0, 0.1) is 0 Å². The normalized spacial score (nSPS) is 15.6. The molecule has 31 heavy (non-hydrogen) atoms. The lowest BCUT2D eigenvalue weighted by atomic mass is 10.1. The third kappa shape index (κ3) is 11.2. The Morgan fingerprint density at radius 1 is 1.00 bits per heavy atom. The summed E-state index contributed by atoms with van der Waals surface area (Å²) in [6.07, 6.45) is 0.450. The predicted octanol–water partition coefficient (Wildman–Crippen LogP) is -2.82. The molecule has 0 radical (unpaired) electrons. The van der Waals surface area contributed by atoms with Crippen molar-refractivity contribution in [3.8, 4) is 0 Å². The fourth-order valence-electron chi connectivity index (χ4n) is 2.32. The third-order valence-corrected chi connectivity index (χ3v) is 5.15. The first kappa shape index (κ1) is 29.0. The number of thioether (sulfide) groups is 1. The van der Waals surface area contributed by atoms with Gasteiger partial charge in [-0.3, -0.25) is 19.2 Å². The molecule has 0 aromatic heterocycles. The number of aliphatic hydroxyl groups excluding tert-OH is 1. The van der Waals surface area contributed by atoms with Gasteiger partial charge in [0.2, 0.25) is 23.6 Å². The molecule has 0 spiro atoms. The van der Waals surface area contributed by atoms with Crippen LogP contribution in [0.1, 0.15) is 26.2 Å². The number of amides is 4. The number of primary amides is 1. The van der Waals surface area contributed by atoms with Gasteiger partial charge in [0.15, 0.2) is 0 Å². The van der Waals surface area contributed by atoms with E-state index in [1.807, 2.05) is 0 Å². The van der Waals surface area contributed by atoms with E-state index in [1.165, 1.54) is 18.7 Å². The van der Waals surface area contributed by atoms with Crippen molar-refractivity contribution in [3.63, 3.8) is 0 Å². The molecule has 0 saturated heterocycles. The molecule has 178 valence electrons. The number of rotatable bonds is 15. The standard InChI is InChI=1S/C17H31N5O7S2/c1-8(23)13(16(27)20-10(17(28)29)5-6-31-2)22-15(26)11(7-30)21-14(25)9(18)3-4-12(19)24/h8-11,13,23,30H,3-7,18H2,1-2H3,(H2,19,24)(H,20,27)(H,21,25)(H,22,26)(H,28,29). The largest absolute Gasteiger partial charge is 0.480 e. The first-order chi connectivity index (χ1) is 14.4. The first-order valence-electron chi connectivity index (χ1n) is 9.40. The van der Waals surface area contributed by atoms with E-state index in [0.29, 0.717) is 5.75 Å². The second-order valence-corrected chi connectivity index (χ2v) is 8.11. The monoisotopic (exact) mass is 481 g/mol. The maximum Gasteiger partial charge on any atom is 0.326 e. The van der Waals surface area contributed by atoms with E-state index in [-0.39, 0.29) is 25.0 Å². The third-order valence-electron chi connectivity index (χ3n) is 4.14. The van der Waals surface area contributed by atoms with E-state index in [9.17, 15) is 34.2 Å². The lowest BCUT2D eigenvalue weighted by Crippen LogP contribution is -2.60. The summed E-state index contributed by atoms with van der Waals surface area (Å²) in [6.45, 7) is 1.25. The van der Waals surface area contributed by atoms with Gasteiger partial charge in [-0.15, -0.1) is 0 Å². The number of nitrogens with one attached hydrogen (secondary N) is 3. The fraction of sp³-hybridized carbons (Fsp3) is 0.706. The summed E-state index contributed by atoms with van der Waals surface area (Å²) >= 11 is 5.40. The zero-order valence-corrected chi connectivity index (χ0v) is 19.1. The van der Waals surface area contributed by atoms with Gasteiger partial charge >= 0.3 is 5.97 Å². The summed E-state index contributed by atoms with van der Waals surface area (Å²) in [5.74, 6) is -4.00. The van der Waals surface area contributed by atoms with Gasteiger partial charge in [-0.1, -0.05) is 0 Å². The Kier molecular flexibility index (Phi) is 13.9. The molecule has 4 amide bonds. The van der Waals surface area contributed by atoms with Crippen molar-refractivity contribution in [2.45, 2.75) is 56.5 Å². The van der Waals surface area contributed by atoms with Crippen LogP contribution in [0.25, 0.3) is 0 Å². The van der Waals surface area contributed by atoms with Gasteiger partial charge in [0.05, 0.1) is 12.1 Å². The molecule has 0 aromatic carbocycles. The van der Waals surface area contributed by atoms with E-state index >= 15 is 0 Å². The molecule has 0 rings (SSSR count). The molecule has 5 atom stereocenters. The number of aliphatic hydroxyl groups is 1. The van der Waals surface area contributed by atoms with Gasteiger partial charge in [0.1, 0.15) is 18.1 Å². The smallest absolute Gasteiger partial charge is 0.326 e. The minimum absolute atomic E-state index is 0.0204. The van der Waals surface area contributed by atoms with Crippen LogP contribution in [-0.4, -0.2) is 87.8 Å². The summed E-state index contributed by atoms with van der Waals surface area (Å²) in [5, 5.41) is 26.1. The van der Waals surface area contributed by atoms with Crippen LogP contribution in [0.2, 0.25) is 0 Å². The molecule has 0 bridgehead atoms. The molecule has 0 aliphatic heterocycles. The number of hydrogen-bond donors (Lipinski definition) is 8. The van der Waals surface area contributed by atoms with Crippen molar-refractivity contribution in [2.75, 3.05) is 17.8 Å². The Balaban J connectivity index is 5.10. The van der Waals surface area contributed by atoms with E-state index in [2.05, 4.69) is 28.6 Å². The zero-order valence-electron chi connectivity index (χ0n) is 17.4. The molecule has 9 N–H and O–H groups in total. The second-order valence-electron chi connectivity index (χ2n) is 6.76. The minimum atomic E-state index is -1.47. The first-order valence-corrected chi connectivity index (χ1v) is 11.4. The van der Waals surface area contributed by atoms with Gasteiger partial charge in [0.25, 0.3) is 0 Å². The van der Waals surface area contributed by atoms with Crippen LogP contribution in [0.15, 0.2) is 0 Å². The van der Waals surface area contributed by atoms with E-state index in [0.717, 1.165) is 0 Å². The second kappa shape index (κ2) is 14.9. The average Bonchev–Trinajstić information content (AvgIpc) is 2.70.